The van der Waals surface area contributed by atoms with E-state index in [2.05, 4.69) is 0 Å². The third kappa shape index (κ3) is 2.89. The number of nitrogens with zero attached hydrogens (tertiary/aromatic N) is 1. The van der Waals surface area contributed by atoms with E-state index in [9.17, 15) is 22.8 Å². The molecule has 7 heteroatoms. The normalized spacial score (nSPS) is 25.8. The van der Waals surface area contributed by atoms with Crippen molar-refractivity contribution < 1.29 is 27.9 Å². The van der Waals surface area contributed by atoms with Crippen LogP contribution in [0.3, 0.4) is 0 Å². The molecule has 0 unspecified atom stereocenters. The van der Waals surface area contributed by atoms with Gasteiger partial charge in [-0.15, -0.1) is 0 Å². The number of hydrogen-bond acceptors (Lipinski definition) is 2. The lowest BCUT2D eigenvalue weighted by Crippen LogP contribution is -2.54. The van der Waals surface area contributed by atoms with Gasteiger partial charge in [0.1, 0.15) is 0 Å². The van der Waals surface area contributed by atoms with E-state index in [-0.39, 0.29) is 19.4 Å². The highest BCUT2D eigenvalue weighted by Gasteiger charge is 2.47. The highest BCUT2D eigenvalue weighted by atomic mass is 19.4. The Hall–Kier alpha value is -1.27. The molecule has 0 bridgehead atoms. The topological polar surface area (TPSA) is 57.6 Å². The van der Waals surface area contributed by atoms with E-state index in [1.54, 1.807) is 6.92 Å². The molecule has 1 aliphatic rings. The van der Waals surface area contributed by atoms with Crippen LogP contribution in [-0.2, 0) is 9.59 Å². The molecule has 0 aromatic rings. The van der Waals surface area contributed by atoms with Gasteiger partial charge in [-0.3, -0.25) is 9.59 Å². The lowest BCUT2D eigenvalue weighted by Gasteiger charge is -2.39. The van der Waals surface area contributed by atoms with Crippen LogP contribution in [0.1, 0.15) is 26.2 Å². The molecular formula is C10H14F3NO3. The maximum atomic E-state index is 12.3. The molecule has 0 spiro atoms. The van der Waals surface area contributed by atoms with Crippen LogP contribution in [0.2, 0.25) is 0 Å². The summed E-state index contributed by atoms with van der Waals surface area (Å²) in [6.07, 6.45) is -4.13. The average Bonchev–Trinajstić information content (AvgIpc) is 2.25. The van der Waals surface area contributed by atoms with E-state index in [1.807, 2.05) is 0 Å². The van der Waals surface area contributed by atoms with Gasteiger partial charge in [-0.25, -0.2) is 0 Å². The van der Waals surface area contributed by atoms with E-state index < -0.39 is 30.0 Å². The zero-order chi connectivity index (χ0) is 13.2. The molecule has 1 N–H and O–H groups in total. The van der Waals surface area contributed by atoms with E-state index in [0.29, 0.717) is 11.3 Å². The number of carboxylic acid groups (broad SMARTS) is 1. The third-order valence-corrected chi connectivity index (χ3v) is 3.02. The summed E-state index contributed by atoms with van der Waals surface area (Å²) in [4.78, 5) is 22.7. The van der Waals surface area contributed by atoms with Gasteiger partial charge in [0.25, 0.3) is 0 Å². The monoisotopic (exact) mass is 253 g/mol. The summed E-state index contributed by atoms with van der Waals surface area (Å²) in [5, 5.41) is 8.92. The first kappa shape index (κ1) is 13.8. The van der Waals surface area contributed by atoms with Gasteiger partial charge < -0.3 is 10.0 Å². The van der Waals surface area contributed by atoms with Gasteiger partial charge in [0.15, 0.2) is 0 Å². The molecule has 1 fully saturated rings. The zero-order valence-corrected chi connectivity index (χ0v) is 9.33. The minimum absolute atomic E-state index is 0.0272. The summed E-state index contributed by atoms with van der Waals surface area (Å²) in [7, 11) is 0. The van der Waals surface area contributed by atoms with Crippen molar-refractivity contribution in [1.29, 1.82) is 0 Å². The first-order valence-electron chi connectivity index (χ1n) is 5.39. The van der Waals surface area contributed by atoms with Crippen molar-refractivity contribution in [2.24, 2.45) is 5.92 Å². The van der Waals surface area contributed by atoms with E-state index in [1.165, 1.54) is 0 Å². The summed E-state index contributed by atoms with van der Waals surface area (Å²) in [5.74, 6) is -3.98. The number of alkyl halides is 3. The Labute approximate surface area is 96.4 Å². The van der Waals surface area contributed by atoms with Crippen LogP contribution in [0.5, 0.6) is 0 Å². The maximum absolute atomic E-state index is 12.3. The summed E-state index contributed by atoms with van der Waals surface area (Å²) < 4.78 is 37.0. The second kappa shape index (κ2) is 4.93. The zero-order valence-electron chi connectivity index (χ0n) is 9.33. The fourth-order valence-corrected chi connectivity index (χ4v) is 2.26. The molecule has 0 aromatic carbocycles. The Morgan fingerprint density at radius 1 is 1.41 bits per heavy atom. The van der Waals surface area contributed by atoms with Gasteiger partial charge in [-0.05, 0) is 19.3 Å². The van der Waals surface area contributed by atoms with Gasteiger partial charge in [0, 0.05) is 12.6 Å². The molecule has 1 rings (SSSR count). The van der Waals surface area contributed by atoms with Crippen molar-refractivity contribution in [3.05, 3.63) is 0 Å². The van der Waals surface area contributed by atoms with Gasteiger partial charge >= 0.3 is 18.1 Å². The van der Waals surface area contributed by atoms with E-state index >= 15 is 0 Å². The first-order valence-corrected chi connectivity index (χ1v) is 5.39. The molecule has 0 radical (unpaired) electrons. The van der Waals surface area contributed by atoms with Crippen molar-refractivity contribution in [3.63, 3.8) is 0 Å². The molecule has 1 aliphatic heterocycles. The number of likely N-dealkylation sites (tertiary alicyclic amines) is 1. The number of carbonyl (C=O) groups excluding carboxylic acids is 1. The van der Waals surface area contributed by atoms with Gasteiger partial charge in [-0.2, -0.15) is 13.2 Å². The van der Waals surface area contributed by atoms with Crippen LogP contribution >= 0.6 is 0 Å². The number of carbonyl (C=O) groups is 2. The molecule has 98 valence electrons. The van der Waals surface area contributed by atoms with Crippen LogP contribution in [0.4, 0.5) is 13.2 Å². The lowest BCUT2D eigenvalue weighted by atomic mass is 9.87. The Morgan fingerprint density at radius 3 is 2.41 bits per heavy atom. The van der Waals surface area contributed by atoms with Crippen LogP contribution in [-0.4, -0.2) is 40.6 Å². The van der Waals surface area contributed by atoms with Gasteiger partial charge in [0.2, 0.25) is 0 Å². The number of piperidine rings is 1. The van der Waals surface area contributed by atoms with Crippen molar-refractivity contribution in [3.8, 4) is 0 Å². The first-order chi connectivity index (χ1) is 7.79. The smallest absolute Gasteiger partial charge is 0.471 e. The molecule has 0 saturated carbocycles. The fourth-order valence-electron chi connectivity index (χ4n) is 2.26. The number of amides is 1. The molecule has 1 amide bonds. The second-order valence-electron chi connectivity index (χ2n) is 4.06. The van der Waals surface area contributed by atoms with Crippen LogP contribution in [0.25, 0.3) is 0 Å². The number of hydrogen-bond donors (Lipinski definition) is 1. The minimum Gasteiger partial charge on any atom is -0.481 e. The van der Waals surface area contributed by atoms with Crippen molar-refractivity contribution in [2.75, 3.05) is 6.54 Å². The quantitative estimate of drug-likeness (QED) is 0.814. The molecule has 2 atom stereocenters. The summed E-state index contributed by atoms with van der Waals surface area (Å²) >= 11 is 0. The van der Waals surface area contributed by atoms with Gasteiger partial charge in [0.05, 0.1) is 5.92 Å². The average molecular weight is 253 g/mol. The number of carboxylic acids is 1. The number of halogens is 3. The largest absolute Gasteiger partial charge is 0.481 e. The Morgan fingerprint density at radius 2 is 2.00 bits per heavy atom. The van der Waals surface area contributed by atoms with Crippen molar-refractivity contribution in [2.45, 2.75) is 38.4 Å². The third-order valence-electron chi connectivity index (χ3n) is 3.02. The Balaban J connectivity index is 2.91. The molecule has 1 heterocycles. The SMILES string of the molecule is CC[C@@H]1[C@H](C(=O)O)CCCN1C(=O)C(F)(F)F. The fraction of sp³-hybridized carbons (Fsp3) is 0.800. The standard InChI is InChI=1S/C10H14F3NO3/c1-2-7-6(8(15)16)4-3-5-14(7)9(17)10(11,12)13/h6-7H,2-5H2,1H3,(H,15,16)/t6-,7-/m1/s1. The van der Waals surface area contributed by atoms with Crippen molar-refractivity contribution in [1.82, 2.24) is 4.90 Å². The number of rotatable bonds is 2. The second-order valence-corrected chi connectivity index (χ2v) is 4.06. The van der Waals surface area contributed by atoms with Crippen LogP contribution in [0.15, 0.2) is 0 Å². The van der Waals surface area contributed by atoms with Crippen LogP contribution < -0.4 is 0 Å². The Bertz CT molecular complexity index is 316. The van der Waals surface area contributed by atoms with Gasteiger partial charge in [-0.1, -0.05) is 6.92 Å². The summed E-state index contributed by atoms with van der Waals surface area (Å²) in [6.45, 7) is 1.56. The van der Waals surface area contributed by atoms with E-state index in [4.69, 9.17) is 5.11 Å². The summed E-state index contributed by atoms with van der Waals surface area (Å²) in [5.41, 5.74) is 0. The predicted octanol–water partition coefficient (Wildman–Crippen LogP) is 1.65. The molecule has 0 aromatic heterocycles. The highest BCUT2D eigenvalue weighted by molar-refractivity contribution is 5.83. The molecular weight excluding hydrogens is 239 g/mol. The summed E-state index contributed by atoms with van der Waals surface area (Å²) in [6, 6.07) is -0.865. The van der Waals surface area contributed by atoms with E-state index in [0.717, 1.165) is 0 Å². The molecule has 4 nitrogen and oxygen atoms in total. The van der Waals surface area contributed by atoms with Crippen LogP contribution in [0, 0.1) is 5.92 Å². The molecule has 0 aliphatic carbocycles. The van der Waals surface area contributed by atoms with Crippen molar-refractivity contribution >= 4 is 11.9 Å². The molecule has 17 heavy (non-hydrogen) atoms. The lowest BCUT2D eigenvalue weighted by molar-refractivity contribution is -0.191. The Kier molecular flexibility index (Phi) is 4.00. The highest BCUT2D eigenvalue weighted by Crippen LogP contribution is 2.30. The minimum atomic E-state index is -4.94. The number of aliphatic carboxylic acids is 1. The maximum Gasteiger partial charge on any atom is 0.471 e. The predicted molar refractivity (Wildman–Crippen MR) is 52.2 cm³/mol. The molecule has 1 saturated heterocycles.